The number of aromatic nitrogens is 1. The van der Waals surface area contributed by atoms with Crippen molar-refractivity contribution in [3.05, 3.63) is 40.3 Å². The number of nitrogens with two attached hydrogens (primary N) is 2. The summed E-state index contributed by atoms with van der Waals surface area (Å²) in [5.41, 5.74) is 15.5. The van der Waals surface area contributed by atoms with Gasteiger partial charge >= 0.3 is 6.09 Å². The number of nitriles is 1. The van der Waals surface area contributed by atoms with Gasteiger partial charge < -0.3 is 26.0 Å². The number of thiophene rings is 1. The first kappa shape index (κ1) is 22.4. The molecular weight excluding hydrogens is 440 g/mol. The Labute approximate surface area is 195 Å². The van der Waals surface area contributed by atoms with E-state index in [2.05, 4.69) is 11.1 Å². The molecule has 4 rings (SSSR count). The molecule has 1 aliphatic heterocycles. The molecule has 0 unspecified atom stereocenters. The molecule has 1 fully saturated rings. The van der Waals surface area contributed by atoms with Crippen molar-refractivity contribution in [1.82, 2.24) is 14.8 Å². The SMILES string of the molecule is CCOC(=O)N1CCN(C(=O)c2sc3nc(N)c(C#N)c(-c4ccc(C)cc4)c3c2N)CC1. The van der Waals surface area contributed by atoms with E-state index in [4.69, 9.17) is 16.2 Å². The lowest BCUT2D eigenvalue weighted by Gasteiger charge is -2.33. The molecule has 3 heterocycles. The molecule has 0 atom stereocenters. The van der Waals surface area contributed by atoms with Gasteiger partial charge in [-0.1, -0.05) is 29.8 Å². The molecule has 0 bridgehead atoms. The minimum atomic E-state index is -0.377. The molecule has 1 aliphatic rings. The Balaban J connectivity index is 1.72. The molecular formula is C23H24N6O3S. The quantitative estimate of drug-likeness (QED) is 0.607. The number of amides is 2. The van der Waals surface area contributed by atoms with E-state index in [0.29, 0.717) is 53.4 Å². The highest BCUT2D eigenvalue weighted by atomic mass is 32.1. The Bertz CT molecular complexity index is 1270. The van der Waals surface area contributed by atoms with Gasteiger partial charge in [0, 0.05) is 37.1 Å². The number of rotatable bonds is 3. The third-order valence-corrected chi connectivity index (χ3v) is 6.73. The maximum absolute atomic E-state index is 13.3. The number of pyridine rings is 1. The fourth-order valence-electron chi connectivity index (χ4n) is 3.90. The summed E-state index contributed by atoms with van der Waals surface area (Å²) in [5, 5.41) is 10.3. The number of ether oxygens (including phenoxy) is 1. The summed E-state index contributed by atoms with van der Waals surface area (Å²) in [5.74, 6) is -0.130. The fourth-order valence-corrected chi connectivity index (χ4v) is 4.98. The second-order valence-electron chi connectivity index (χ2n) is 7.73. The summed E-state index contributed by atoms with van der Waals surface area (Å²) in [7, 11) is 0. The molecule has 170 valence electrons. The third-order valence-electron chi connectivity index (χ3n) is 5.64. The van der Waals surface area contributed by atoms with E-state index in [1.165, 1.54) is 0 Å². The van der Waals surface area contributed by atoms with Gasteiger partial charge in [-0.25, -0.2) is 9.78 Å². The first-order valence-electron chi connectivity index (χ1n) is 10.5. The Kier molecular flexibility index (Phi) is 6.07. The number of fused-ring (bicyclic) bond motifs is 1. The number of nitrogens with zero attached hydrogens (tertiary/aromatic N) is 4. The number of nitrogen functional groups attached to an aromatic ring is 2. The van der Waals surface area contributed by atoms with Crippen molar-refractivity contribution in [3.8, 4) is 17.2 Å². The van der Waals surface area contributed by atoms with E-state index in [9.17, 15) is 14.9 Å². The lowest BCUT2D eigenvalue weighted by molar-refractivity contribution is 0.0575. The molecule has 1 saturated heterocycles. The van der Waals surface area contributed by atoms with Crippen molar-refractivity contribution in [2.75, 3.05) is 44.3 Å². The highest BCUT2D eigenvalue weighted by Crippen LogP contribution is 2.43. The van der Waals surface area contributed by atoms with Gasteiger partial charge in [0.25, 0.3) is 5.91 Å². The zero-order chi connectivity index (χ0) is 23.7. The van der Waals surface area contributed by atoms with Crippen molar-refractivity contribution in [2.45, 2.75) is 13.8 Å². The summed E-state index contributed by atoms with van der Waals surface area (Å²) in [6.07, 6.45) is -0.377. The van der Waals surface area contributed by atoms with Gasteiger partial charge in [0.1, 0.15) is 27.2 Å². The molecule has 0 aliphatic carbocycles. The van der Waals surface area contributed by atoms with Crippen molar-refractivity contribution < 1.29 is 14.3 Å². The van der Waals surface area contributed by atoms with Crippen LogP contribution >= 0.6 is 11.3 Å². The maximum atomic E-state index is 13.3. The highest BCUT2D eigenvalue weighted by molar-refractivity contribution is 7.21. The van der Waals surface area contributed by atoms with Crippen LogP contribution in [-0.2, 0) is 4.74 Å². The molecule has 10 heteroatoms. The van der Waals surface area contributed by atoms with Crippen LogP contribution in [0.25, 0.3) is 21.3 Å². The Morgan fingerprint density at radius 3 is 2.39 bits per heavy atom. The fraction of sp³-hybridized carbons (Fsp3) is 0.304. The van der Waals surface area contributed by atoms with Crippen LogP contribution < -0.4 is 11.5 Å². The monoisotopic (exact) mass is 464 g/mol. The smallest absolute Gasteiger partial charge is 0.409 e. The number of hydrogen-bond donors (Lipinski definition) is 2. The maximum Gasteiger partial charge on any atom is 0.409 e. The Morgan fingerprint density at radius 2 is 1.79 bits per heavy atom. The predicted octanol–water partition coefficient (Wildman–Crippen LogP) is 3.22. The second kappa shape index (κ2) is 8.96. The molecule has 0 saturated carbocycles. The van der Waals surface area contributed by atoms with E-state index < -0.39 is 0 Å². The lowest BCUT2D eigenvalue weighted by Crippen LogP contribution is -2.50. The zero-order valence-electron chi connectivity index (χ0n) is 18.4. The summed E-state index contributed by atoms with van der Waals surface area (Å²) in [6.45, 7) is 5.54. The van der Waals surface area contributed by atoms with Gasteiger partial charge in [-0.2, -0.15) is 5.26 Å². The molecule has 2 amide bonds. The van der Waals surface area contributed by atoms with Gasteiger partial charge in [-0.05, 0) is 19.4 Å². The minimum Gasteiger partial charge on any atom is -0.450 e. The number of benzene rings is 1. The molecule has 0 spiro atoms. The van der Waals surface area contributed by atoms with Gasteiger partial charge in [0.05, 0.1) is 12.3 Å². The number of piperazine rings is 1. The van der Waals surface area contributed by atoms with E-state index in [-0.39, 0.29) is 29.1 Å². The van der Waals surface area contributed by atoms with Crippen molar-refractivity contribution in [2.24, 2.45) is 0 Å². The molecule has 1 aromatic carbocycles. The largest absolute Gasteiger partial charge is 0.450 e. The van der Waals surface area contributed by atoms with Crippen LogP contribution in [0.2, 0.25) is 0 Å². The Morgan fingerprint density at radius 1 is 1.15 bits per heavy atom. The summed E-state index contributed by atoms with van der Waals surface area (Å²) in [6, 6.07) is 9.82. The molecule has 2 aromatic heterocycles. The number of carbonyl (C=O) groups excluding carboxylic acids is 2. The standard InChI is InChI=1S/C23H24N6O3S/c1-3-32-23(31)29-10-8-28(9-11-29)22(30)19-18(25)17-16(14-6-4-13(2)5-7-14)15(12-24)20(26)27-21(17)33-19/h4-7H,3,8-11,25H2,1-2H3,(H2,26,27). The third kappa shape index (κ3) is 4.03. The lowest BCUT2D eigenvalue weighted by atomic mass is 9.96. The minimum absolute atomic E-state index is 0.101. The molecule has 4 N–H and O–H groups in total. The van der Waals surface area contributed by atoms with Crippen molar-refractivity contribution >= 4 is 45.1 Å². The number of hydrogen-bond acceptors (Lipinski definition) is 8. The topological polar surface area (TPSA) is 139 Å². The van der Waals surface area contributed by atoms with Crippen LogP contribution in [0.1, 0.15) is 27.7 Å². The highest BCUT2D eigenvalue weighted by Gasteiger charge is 2.30. The number of anilines is 2. The van der Waals surface area contributed by atoms with Crippen LogP contribution in [-0.4, -0.2) is 59.6 Å². The van der Waals surface area contributed by atoms with E-state index in [1.807, 2.05) is 31.2 Å². The van der Waals surface area contributed by atoms with E-state index in [0.717, 1.165) is 22.5 Å². The number of aryl methyl sites for hydroxylation is 1. The Hall–Kier alpha value is -3.84. The zero-order valence-corrected chi connectivity index (χ0v) is 19.2. The first-order valence-corrected chi connectivity index (χ1v) is 11.4. The van der Waals surface area contributed by atoms with Crippen LogP contribution in [0.15, 0.2) is 24.3 Å². The van der Waals surface area contributed by atoms with Crippen LogP contribution in [0, 0.1) is 18.3 Å². The van der Waals surface area contributed by atoms with Crippen LogP contribution in [0.4, 0.5) is 16.3 Å². The van der Waals surface area contributed by atoms with E-state index in [1.54, 1.807) is 16.7 Å². The predicted molar refractivity (Wildman–Crippen MR) is 128 cm³/mol. The van der Waals surface area contributed by atoms with Gasteiger partial charge in [0.2, 0.25) is 0 Å². The van der Waals surface area contributed by atoms with E-state index >= 15 is 0 Å². The van der Waals surface area contributed by atoms with Crippen LogP contribution in [0.3, 0.4) is 0 Å². The molecule has 33 heavy (non-hydrogen) atoms. The summed E-state index contributed by atoms with van der Waals surface area (Å²) in [4.78, 5) is 33.7. The summed E-state index contributed by atoms with van der Waals surface area (Å²) >= 11 is 1.16. The van der Waals surface area contributed by atoms with Crippen molar-refractivity contribution in [1.29, 1.82) is 5.26 Å². The molecule has 0 radical (unpaired) electrons. The average molecular weight is 465 g/mol. The van der Waals surface area contributed by atoms with Crippen molar-refractivity contribution in [3.63, 3.8) is 0 Å². The average Bonchev–Trinajstić information content (AvgIpc) is 3.14. The molecule has 9 nitrogen and oxygen atoms in total. The van der Waals surface area contributed by atoms with Gasteiger partial charge in [-0.3, -0.25) is 4.79 Å². The number of carbonyl (C=O) groups is 2. The van der Waals surface area contributed by atoms with Crippen LogP contribution in [0.5, 0.6) is 0 Å². The second-order valence-corrected chi connectivity index (χ2v) is 8.73. The normalized spacial score (nSPS) is 13.7. The van der Waals surface area contributed by atoms with Gasteiger partial charge in [0.15, 0.2) is 0 Å². The van der Waals surface area contributed by atoms with Gasteiger partial charge in [-0.15, -0.1) is 11.3 Å². The molecule has 3 aromatic rings. The summed E-state index contributed by atoms with van der Waals surface area (Å²) < 4.78 is 5.04. The first-order chi connectivity index (χ1) is 15.8.